The standard InChI is InChI=1S/C21H26N4OS2/c26-18-8-4-11-23(15-18)16-25-21(27)24(12-10-17-6-2-1-3-7-17)20(22-25)14-19-9-5-13-28-19/h1-3,5-7,9,13,18,26H,4,8,10-12,14-16H2/p+1/t18-/m1/s1. The molecule has 28 heavy (non-hydrogen) atoms. The van der Waals surface area contributed by atoms with Crippen molar-refractivity contribution in [2.45, 2.75) is 45.0 Å². The number of hydrogen-bond acceptors (Lipinski definition) is 4. The molecule has 1 aliphatic heterocycles. The molecule has 0 amide bonds. The van der Waals surface area contributed by atoms with Gasteiger partial charge in [0.05, 0.1) is 6.54 Å². The van der Waals surface area contributed by atoms with Gasteiger partial charge in [-0.05, 0) is 48.5 Å². The van der Waals surface area contributed by atoms with E-state index in [1.165, 1.54) is 15.3 Å². The first-order valence-corrected chi connectivity index (χ1v) is 11.2. The quantitative estimate of drug-likeness (QED) is 0.582. The number of aryl methyl sites for hydroxylation is 1. The zero-order chi connectivity index (χ0) is 19.3. The third-order valence-electron chi connectivity index (χ3n) is 5.34. The van der Waals surface area contributed by atoms with Crippen molar-refractivity contribution in [3.05, 3.63) is 68.9 Å². The van der Waals surface area contributed by atoms with E-state index >= 15 is 0 Å². The van der Waals surface area contributed by atoms with E-state index < -0.39 is 0 Å². The number of aromatic nitrogens is 3. The fraction of sp³-hybridized carbons (Fsp3) is 0.429. The number of rotatable bonds is 7. The van der Waals surface area contributed by atoms with Crippen LogP contribution in [-0.4, -0.2) is 38.6 Å². The van der Waals surface area contributed by atoms with Gasteiger partial charge in [-0.1, -0.05) is 36.4 Å². The molecule has 0 aliphatic carbocycles. The maximum absolute atomic E-state index is 9.99. The zero-order valence-electron chi connectivity index (χ0n) is 16.0. The molecule has 3 aromatic rings. The van der Waals surface area contributed by atoms with Crippen LogP contribution in [0, 0.1) is 4.77 Å². The lowest BCUT2D eigenvalue weighted by molar-refractivity contribution is -0.931. The molecule has 1 fully saturated rings. The summed E-state index contributed by atoms with van der Waals surface area (Å²) in [5.74, 6) is 1.03. The number of hydrogen-bond donors (Lipinski definition) is 2. The average molecular weight is 416 g/mol. The lowest BCUT2D eigenvalue weighted by Crippen LogP contribution is -3.13. The molecule has 0 radical (unpaired) electrons. The fourth-order valence-electron chi connectivity index (χ4n) is 3.88. The number of thiophene rings is 1. The van der Waals surface area contributed by atoms with E-state index in [1.807, 2.05) is 10.7 Å². The monoisotopic (exact) mass is 415 g/mol. The van der Waals surface area contributed by atoms with Crippen molar-refractivity contribution < 1.29 is 10.0 Å². The Morgan fingerprint density at radius 1 is 1.21 bits per heavy atom. The third kappa shape index (κ3) is 4.78. The van der Waals surface area contributed by atoms with Crippen LogP contribution in [0.3, 0.4) is 0 Å². The second-order valence-electron chi connectivity index (χ2n) is 7.50. The second-order valence-corrected chi connectivity index (χ2v) is 8.90. The van der Waals surface area contributed by atoms with Gasteiger partial charge in [0.25, 0.3) is 0 Å². The Morgan fingerprint density at radius 3 is 2.82 bits per heavy atom. The first-order valence-electron chi connectivity index (χ1n) is 9.93. The summed E-state index contributed by atoms with van der Waals surface area (Å²) in [5, 5.41) is 17.0. The summed E-state index contributed by atoms with van der Waals surface area (Å²) in [4.78, 5) is 2.65. The van der Waals surface area contributed by atoms with E-state index in [2.05, 4.69) is 46.3 Å². The van der Waals surface area contributed by atoms with Gasteiger partial charge >= 0.3 is 0 Å². The SMILES string of the molecule is O[C@@H]1CCC[NH+](Cn2nc(Cc3cccs3)n(CCc3ccccc3)c2=S)C1. The Morgan fingerprint density at radius 2 is 2.07 bits per heavy atom. The van der Waals surface area contributed by atoms with Gasteiger partial charge in [-0.25, -0.2) is 0 Å². The van der Waals surface area contributed by atoms with Gasteiger partial charge in [-0.2, -0.15) is 9.78 Å². The smallest absolute Gasteiger partial charge is 0.202 e. The molecular weight excluding hydrogens is 388 g/mol. The Labute approximate surface area is 174 Å². The first-order chi connectivity index (χ1) is 13.7. The van der Waals surface area contributed by atoms with Crippen LogP contribution < -0.4 is 4.90 Å². The minimum absolute atomic E-state index is 0.205. The van der Waals surface area contributed by atoms with E-state index in [0.29, 0.717) is 0 Å². The predicted octanol–water partition coefficient (Wildman–Crippen LogP) is 2.31. The van der Waals surface area contributed by atoms with Gasteiger partial charge in [-0.3, -0.25) is 0 Å². The number of nitrogens with one attached hydrogen (secondary N) is 1. The van der Waals surface area contributed by atoms with E-state index in [0.717, 1.165) is 62.6 Å². The molecule has 148 valence electrons. The summed E-state index contributed by atoms with van der Waals surface area (Å²) in [6, 6.07) is 14.8. The lowest BCUT2D eigenvalue weighted by atomic mass is 10.1. The van der Waals surface area contributed by atoms with Crippen LogP contribution in [0.4, 0.5) is 0 Å². The van der Waals surface area contributed by atoms with Crippen LogP contribution in [0.25, 0.3) is 0 Å². The van der Waals surface area contributed by atoms with Crippen molar-refractivity contribution in [2.75, 3.05) is 13.1 Å². The van der Waals surface area contributed by atoms with Gasteiger partial charge < -0.3 is 14.6 Å². The summed E-state index contributed by atoms with van der Waals surface area (Å²) in [6.07, 6.45) is 3.50. The van der Waals surface area contributed by atoms with Crippen molar-refractivity contribution in [3.63, 3.8) is 0 Å². The van der Waals surface area contributed by atoms with Gasteiger partial charge in [0.1, 0.15) is 18.5 Å². The van der Waals surface area contributed by atoms with E-state index in [4.69, 9.17) is 17.3 Å². The minimum Gasteiger partial charge on any atom is -0.387 e. The number of likely N-dealkylation sites (tertiary alicyclic amines) is 1. The van der Waals surface area contributed by atoms with Crippen LogP contribution >= 0.6 is 23.6 Å². The topological polar surface area (TPSA) is 47.4 Å². The van der Waals surface area contributed by atoms with Crippen LogP contribution in [0.2, 0.25) is 0 Å². The molecule has 2 aromatic heterocycles. The van der Waals surface area contributed by atoms with Gasteiger partial charge in [0, 0.05) is 17.8 Å². The molecule has 2 atom stereocenters. The van der Waals surface area contributed by atoms with Gasteiger partial charge in [0.2, 0.25) is 4.77 Å². The molecule has 5 nitrogen and oxygen atoms in total. The lowest BCUT2D eigenvalue weighted by Gasteiger charge is -2.26. The summed E-state index contributed by atoms with van der Waals surface area (Å²) in [5.41, 5.74) is 1.31. The molecule has 0 bridgehead atoms. The van der Waals surface area contributed by atoms with Gasteiger partial charge in [0.15, 0.2) is 6.67 Å². The highest BCUT2D eigenvalue weighted by Gasteiger charge is 2.23. The summed E-state index contributed by atoms with van der Waals surface area (Å²) >= 11 is 7.57. The van der Waals surface area contributed by atoms with Crippen LogP contribution in [-0.2, 0) is 26.1 Å². The van der Waals surface area contributed by atoms with E-state index in [1.54, 1.807) is 11.3 Å². The summed E-state index contributed by atoms with van der Waals surface area (Å²) in [7, 11) is 0. The number of nitrogens with zero attached hydrogens (tertiary/aromatic N) is 3. The molecule has 3 heterocycles. The largest absolute Gasteiger partial charge is 0.387 e. The summed E-state index contributed by atoms with van der Waals surface area (Å²) in [6.45, 7) is 3.40. The molecule has 2 N–H and O–H groups in total. The molecule has 0 spiro atoms. The molecule has 1 unspecified atom stereocenters. The Hall–Kier alpha value is -1.80. The molecule has 1 aromatic carbocycles. The van der Waals surface area contributed by atoms with E-state index in [9.17, 15) is 5.11 Å². The third-order valence-corrected chi connectivity index (χ3v) is 6.65. The highest BCUT2D eigenvalue weighted by Crippen LogP contribution is 2.15. The van der Waals surface area contributed by atoms with Crippen molar-refractivity contribution in [1.82, 2.24) is 14.3 Å². The molecule has 4 rings (SSSR count). The van der Waals surface area contributed by atoms with Gasteiger partial charge in [-0.15, -0.1) is 11.3 Å². The zero-order valence-corrected chi connectivity index (χ0v) is 17.6. The highest BCUT2D eigenvalue weighted by molar-refractivity contribution is 7.71. The van der Waals surface area contributed by atoms with Crippen molar-refractivity contribution in [2.24, 2.45) is 0 Å². The Kier molecular flexibility index (Phi) is 6.36. The normalized spacial score (nSPS) is 19.8. The summed E-state index contributed by atoms with van der Waals surface area (Å²) < 4.78 is 4.95. The maximum Gasteiger partial charge on any atom is 0.202 e. The fourth-order valence-corrected chi connectivity index (χ4v) is 4.88. The first kappa shape index (κ1) is 19.5. The number of aliphatic hydroxyl groups excluding tert-OH is 1. The number of piperidine rings is 1. The van der Waals surface area contributed by atoms with Crippen LogP contribution in [0.5, 0.6) is 0 Å². The molecule has 7 heteroatoms. The van der Waals surface area contributed by atoms with Crippen LogP contribution in [0.15, 0.2) is 47.8 Å². The minimum atomic E-state index is -0.205. The van der Waals surface area contributed by atoms with E-state index in [-0.39, 0.29) is 6.10 Å². The molecule has 0 saturated carbocycles. The number of quaternary nitrogens is 1. The van der Waals surface area contributed by atoms with Crippen molar-refractivity contribution in [1.29, 1.82) is 0 Å². The number of aliphatic hydroxyl groups is 1. The molecule has 1 saturated heterocycles. The maximum atomic E-state index is 9.99. The Balaban J connectivity index is 1.56. The number of benzene rings is 1. The highest BCUT2D eigenvalue weighted by atomic mass is 32.1. The van der Waals surface area contributed by atoms with Crippen LogP contribution in [0.1, 0.15) is 29.1 Å². The second kappa shape index (κ2) is 9.13. The van der Waals surface area contributed by atoms with Crippen molar-refractivity contribution in [3.8, 4) is 0 Å². The predicted molar refractivity (Wildman–Crippen MR) is 114 cm³/mol. The molecular formula is C21H27N4OS2+. The average Bonchev–Trinajstić information content (AvgIpc) is 3.30. The van der Waals surface area contributed by atoms with Crippen molar-refractivity contribution >= 4 is 23.6 Å². The molecule has 1 aliphatic rings. The Bertz CT molecular complexity index is 933.